The van der Waals surface area contributed by atoms with Gasteiger partial charge in [-0.3, -0.25) is 0 Å². The fourth-order valence-electron chi connectivity index (χ4n) is 1.57. The Morgan fingerprint density at radius 3 is 2.06 bits per heavy atom. The van der Waals surface area contributed by atoms with Gasteiger partial charge in [-0.2, -0.15) is 0 Å². The number of rotatable bonds is 6. The lowest BCUT2D eigenvalue weighted by atomic mass is 9.97. The van der Waals surface area contributed by atoms with Crippen LogP contribution in [0.15, 0.2) is 33.6 Å². The van der Waals surface area contributed by atoms with Crippen LogP contribution in [0.5, 0.6) is 0 Å². The summed E-state index contributed by atoms with van der Waals surface area (Å²) in [5.74, 6) is 0. The van der Waals surface area contributed by atoms with Crippen molar-refractivity contribution >= 4 is 41.9 Å². The molecule has 3 nitrogen and oxygen atoms in total. The number of nitrogens with one attached hydrogen (secondary N) is 1. The zero-order valence-corrected chi connectivity index (χ0v) is 14.4. The number of alkyl halides is 1. The van der Waals surface area contributed by atoms with Gasteiger partial charge in [-0.25, -0.2) is 13.1 Å². The molecule has 18 heavy (non-hydrogen) atoms. The van der Waals surface area contributed by atoms with E-state index in [0.717, 1.165) is 17.3 Å². The average molecular weight is 399 g/mol. The lowest BCUT2D eigenvalue weighted by molar-refractivity contribution is 0.398. The Labute approximate surface area is 126 Å². The van der Waals surface area contributed by atoms with Crippen molar-refractivity contribution in [1.29, 1.82) is 0 Å². The van der Waals surface area contributed by atoms with Gasteiger partial charge in [-0.1, -0.05) is 45.7 Å². The highest BCUT2D eigenvalue weighted by Crippen LogP contribution is 2.22. The van der Waals surface area contributed by atoms with E-state index in [1.807, 2.05) is 13.8 Å². The summed E-state index contributed by atoms with van der Waals surface area (Å²) in [5.41, 5.74) is -0.425. The second-order valence-corrected chi connectivity index (χ2v) is 7.34. The largest absolute Gasteiger partial charge is 0.241 e. The number of benzene rings is 1. The predicted octanol–water partition coefficient (Wildman–Crippen LogP) is 3.68. The smallest absolute Gasteiger partial charge is 0.207 e. The highest BCUT2D eigenvalue weighted by Gasteiger charge is 2.30. The zero-order chi connectivity index (χ0) is 13.8. The van der Waals surface area contributed by atoms with Crippen LogP contribution in [-0.4, -0.2) is 19.3 Å². The van der Waals surface area contributed by atoms with Crippen molar-refractivity contribution in [1.82, 2.24) is 4.72 Å². The minimum absolute atomic E-state index is 0.290. The molecule has 0 bridgehead atoms. The zero-order valence-electron chi connectivity index (χ0n) is 10.4. The summed E-state index contributed by atoms with van der Waals surface area (Å²) in [6.45, 7) is 3.96. The van der Waals surface area contributed by atoms with E-state index in [-0.39, 0.29) is 4.90 Å². The second-order valence-electron chi connectivity index (χ2n) is 4.18. The maximum absolute atomic E-state index is 12.3. The molecule has 0 aliphatic rings. The molecule has 0 aliphatic carbocycles. The van der Waals surface area contributed by atoms with E-state index in [4.69, 9.17) is 0 Å². The van der Waals surface area contributed by atoms with Crippen LogP contribution >= 0.6 is 31.9 Å². The molecule has 1 aromatic carbocycles. The molecule has 1 aromatic rings. The van der Waals surface area contributed by atoms with Gasteiger partial charge in [0.05, 0.1) is 4.90 Å². The first kappa shape index (κ1) is 16.1. The summed E-state index contributed by atoms with van der Waals surface area (Å²) >= 11 is 6.69. The Kier molecular flexibility index (Phi) is 5.83. The normalized spacial score (nSPS) is 12.7. The summed E-state index contributed by atoms with van der Waals surface area (Å²) in [6, 6.07) is 6.64. The van der Waals surface area contributed by atoms with Crippen LogP contribution < -0.4 is 4.72 Å². The van der Waals surface area contributed by atoms with Crippen molar-refractivity contribution in [2.24, 2.45) is 0 Å². The molecule has 0 amide bonds. The molecule has 0 aromatic heterocycles. The lowest BCUT2D eigenvalue weighted by Crippen LogP contribution is -2.48. The van der Waals surface area contributed by atoms with Crippen molar-refractivity contribution in [3.8, 4) is 0 Å². The molecule has 0 spiro atoms. The van der Waals surface area contributed by atoms with Crippen LogP contribution in [0.2, 0.25) is 0 Å². The second kappa shape index (κ2) is 6.50. The van der Waals surface area contributed by atoms with Gasteiger partial charge < -0.3 is 0 Å². The van der Waals surface area contributed by atoms with Crippen LogP contribution in [0, 0.1) is 0 Å². The van der Waals surface area contributed by atoms with Crippen LogP contribution in [-0.2, 0) is 10.0 Å². The summed E-state index contributed by atoms with van der Waals surface area (Å²) in [6.07, 6.45) is 1.48. The van der Waals surface area contributed by atoms with E-state index in [1.165, 1.54) is 0 Å². The monoisotopic (exact) mass is 397 g/mol. The molecule has 0 aliphatic heterocycles. The Bertz CT molecular complexity index is 473. The van der Waals surface area contributed by atoms with E-state index in [2.05, 4.69) is 36.6 Å². The van der Waals surface area contributed by atoms with Crippen molar-refractivity contribution in [3.63, 3.8) is 0 Å². The molecule has 0 atom stereocenters. The molecule has 6 heteroatoms. The molecule has 102 valence electrons. The van der Waals surface area contributed by atoms with Crippen molar-refractivity contribution in [3.05, 3.63) is 28.7 Å². The summed E-state index contributed by atoms with van der Waals surface area (Å²) < 4.78 is 28.2. The Morgan fingerprint density at radius 2 is 1.67 bits per heavy atom. The van der Waals surface area contributed by atoms with Crippen molar-refractivity contribution < 1.29 is 8.42 Å². The van der Waals surface area contributed by atoms with Gasteiger partial charge in [0.15, 0.2) is 0 Å². The van der Waals surface area contributed by atoms with Crippen molar-refractivity contribution in [2.75, 3.05) is 5.33 Å². The molecule has 1 rings (SSSR count). The van der Waals surface area contributed by atoms with Gasteiger partial charge in [-0.05, 0) is 37.1 Å². The highest BCUT2D eigenvalue weighted by atomic mass is 79.9. The summed E-state index contributed by atoms with van der Waals surface area (Å²) in [7, 11) is -3.47. The molecule has 0 unspecified atom stereocenters. The van der Waals surface area contributed by atoms with E-state index in [1.54, 1.807) is 24.3 Å². The molecule has 0 saturated carbocycles. The van der Waals surface area contributed by atoms with Gasteiger partial charge in [0.2, 0.25) is 10.0 Å². The number of sulfonamides is 1. The highest BCUT2D eigenvalue weighted by molar-refractivity contribution is 9.10. The third-order valence-electron chi connectivity index (χ3n) is 3.08. The first-order valence-corrected chi connectivity index (χ1v) is 9.14. The van der Waals surface area contributed by atoms with E-state index >= 15 is 0 Å². The van der Waals surface area contributed by atoms with Gasteiger partial charge in [0.25, 0.3) is 0 Å². The summed E-state index contributed by atoms with van der Waals surface area (Å²) in [5, 5.41) is 0.600. The minimum atomic E-state index is -3.47. The van der Waals surface area contributed by atoms with Crippen LogP contribution in [0.25, 0.3) is 0 Å². The fraction of sp³-hybridized carbons (Fsp3) is 0.500. The lowest BCUT2D eigenvalue weighted by Gasteiger charge is -2.30. The molecule has 0 saturated heterocycles. The number of hydrogen-bond acceptors (Lipinski definition) is 2. The fourth-order valence-corrected chi connectivity index (χ4v) is 4.49. The molecule has 0 heterocycles. The average Bonchev–Trinajstić information content (AvgIpc) is 2.37. The van der Waals surface area contributed by atoms with E-state index < -0.39 is 15.6 Å². The number of halogens is 2. The van der Waals surface area contributed by atoms with Crippen molar-refractivity contribution in [2.45, 2.75) is 37.1 Å². The molecule has 0 radical (unpaired) electrons. The van der Waals surface area contributed by atoms with Gasteiger partial charge >= 0.3 is 0 Å². The standard InChI is InChI=1S/C12H17Br2NO2S/c1-3-12(4-2,9-13)15-18(16,17)11-7-5-10(14)6-8-11/h5-8,15H,3-4,9H2,1-2H3. The molecule has 0 fully saturated rings. The first-order valence-electron chi connectivity index (χ1n) is 5.74. The maximum Gasteiger partial charge on any atom is 0.241 e. The molecular formula is C12H17Br2NO2S. The first-order chi connectivity index (χ1) is 8.39. The quantitative estimate of drug-likeness (QED) is 0.742. The topological polar surface area (TPSA) is 46.2 Å². The minimum Gasteiger partial charge on any atom is -0.207 e. The SMILES string of the molecule is CCC(CC)(CBr)NS(=O)(=O)c1ccc(Br)cc1. The predicted molar refractivity (Wildman–Crippen MR) is 81.6 cm³/mol. The van der Waals surface area contributed by atoms with Gasteiger partial charge in [-0.15, -0.1) is 0 Å². The van der Waals surface area contributed by atoms with Crippen LogP contribution in [0.4, 0.5) is 0 Å². The Morgan fingerprint density at radius 1 is 1.17 bits per heavy atom. The van der Waals surface area contributed by atoms with E-state index in [9.17, 15) is 8.42 Å². The van der Waals surface area contributed by atoms with Crippen LogP contribution in [0.1, 0.15) is 26.7 Å². The van der Waals surface area contributed by atoms with Gasteiger partial charge in [0.1, 0.15) is 0 Å². The van der Waals surface area contributed by atoms with E-state index in [0.29, 0.717) is 5.33 Å². The third kappa shape index (κ3) is 3.79. The van der Waals surface area contributed by atoms with Crippen LogP contribution in [0.3, 0.4) is 0 Å². The molecular weight excluding hydrogens is 382 g/mol. The summed E-state index contributed by atoms with van der Waals surface area (Å²) in [4.78, 5) is 0.290. The third-order valence-corrected chi connectivity index (χ3v) is 6.28. The number of hydrogen-bond donors (Lipinski definition) is 1. The Hall–Kier alpha value is 0.0900. The van der Waals surface area contributed by atoms with Gasteiger partial charge in [0, 0.05) is 15.3 Å². The Balaban J connectivity index is 3.04. The molecule has 1 N–H and O–H groups in total. The maximum atomic E-state index is 12.3.